The lowest BCUT2D eigenvalue weighted by atomic mass is 10.3. The van der Waals surface area contributed by atoms with Crippen molar-refractivity contribution in [2.45, 2.75) is 12.3 Å². The van der Waals surface area contributed by atoms with Gasteiger partial charge in [-0.3, -0.25) is 0 Å². The summed E-state index contributed by atoms with van der Waals surface area (Å²) in [6.45, 7) is 0.585. The molecule has 2 atom stereocenters. The maximum absolute atomic E-state index is 12.6. The van der Waals surface area contributed by atoms with Crippen molar-refractivity contribution in [1.82, 2.24) is 5.32 Å². The van der Waals surface area contributed by atoms with Gasteiger partial charge < -0.3 is 15.8 Å². The summed E-state index contributed by atoms with van der Waals surface area (Å²) in [5.74, 6) is 0. The zero-order valence-corrected chi connectivity index (χ0v) is 5.34. The Kier molecular flexibility index (Phi) is 2.06. The molecule has 0 unspecified atom stereocenters. The first-order valence-electron chi connectivity index (χ1n) is 3.01. The molecule has 1 saturated heterocycles. The summed E-state index contributed by atoms with van der Waals surface area (Å²) in [5.41, 5.74) is 4.68. The van der Waals surface area contributed by atoms with Gasteiger partial charge in [-0.1, -0.05) is 0 Å². The Labute approximate surface area is 57.5 Å². The Balaban J connectivity index is 2.33. The number of alkyl halides is 1. The van der Waals surface area contributed by atoms with Crippen molar-refractivity contribution in [3.8, 4) is 0 Å². The molecule has 58 valence electrons. The molecule has 0 spiro atoms. The quantitative estimate of drug-likeness (QED) is 0.521. The summed E-state index contributed by atoms with van der Waals surface area (Å²) in [7, 11) is 0. The van der Waals surface area contributed by atoms with E-state index in [2.05, 4.69) is 15.8 Å². The van der Waals surface area contributed by atoms with Crippen LogP contribution in [-0.2, 0) is 4.74 Å². The maximum atomic E-state index is 12.6. The van der Waals surface area contributed by atoms with E-state index >= 15 is 0 Å². The maximum Gasteiger partial charge on any atom is 0.404 e. The predicted octanol–water partition coefficient (Wildman–Crippen LogP) is -0.608. The molecule has 0 aromatic carbocycles. The first-order chi connectivity index (χ1) is 4.70. The van der Waals surface area contributed by atoms with Gasteiger partial charge in [0, 0.05) is 13.1 Å². The minimum atomic E-state index is -1.12. The molecule has 3 N–H and O–H groups in total. The largest absolute Gasteiger partial charge is 0.442 e. The smallest absolute Gasteiger partial charge is 0.404 e. The highest BCUT2D eigenvalue weighted by molar-refractivity contribution is 5.64. The molecule has 1 fully saturated rings. The molecular weight excluding hydrogens is 139 g/mol. The Morgan fingerprint density at radius 2 is 2.40 bits per heavy atom. The number of rotatable bonds is 1. The van der Waals surface area contributed by atoms with E-state index in [4.69, 9.17) is 0 Å². The van der Waals surface area contributed by atoms with Crippen LogP contribution in [0.15, 0.2) is 0 Å². The highest BCUT2D eigenvalue weighted by atomic mass is 19.1. The minimum absolute atomic E-state index is 0.234. The van der Waals surface area contributed by atoms with Gasteiger partial charge in [0.2, 0.25) is 0 Å². The molecule has 5 heteroatoms. The third kappa shape index (κ3) is 1.57. The molecule has 1 aliphatic heterocycles. The van der Waals surface area contributed by atoms with Gasteiger partial charge in [0.1, 0.15) is 6.10 Å². The number of nitrogens with two attached hydrogens (primary N) is 1. The zero-order chi connectivity index (χ0) is 7.56. The molecule has 1 heterocycles. The van der Waals surface area contributed by atoms with Crippen LogP contribution in [0, 0.1) is 0 Å². The van der Waals surface area contributed by atoms with Gasteiger partial charge in [0.25, 0.3) is 0 Å². The number of hydrogen-bond acceptors (Lipinski definition) is 3. The van der Waals surface area contributed by atoms with Crippen molar-refractivity contribution in [1.29, 1.82) is 0 Å². The number of ether oxygens (including phenoxy) is 1. The van der Waals surface area contributed by atoms with Gasteiger partial charge in [-0.25, -0.2) is 9.18 Å². The summed E-state index contributed by atoms with van der Waals surface area (Å²) in [4.78, 5) is 10.1. The normalized spacial score (nSPS) is 32.1. The number of carbonyl (C=O) groups excluding carboxylic acids is 1. The lowest BCUT2D eigenvalue weighted by Gasteiger charge is -2.09. The van der Waals surface area contributed by atoms with E-state index in [9.17, 15) is 9.18 Å². The molecule has 1 amide bonds. The lowest BCUT2D eigenvalue weighted by Crippen LogP contribution is -2.29. The fraction of sp³-hybridized carbons (Fsp3) is 0.800. The van der Waals surface area contributed by atoms with Gasteiger partial charge in [-0.15, -0.1) is 0 Å². The SMILES string of the molecule is NC(=O)O[C@H]1CNC[C@@H]1F. The first-order valence-corrected chi connectivity index (χ1v) is 3.01. The molecule has 0 saturated carbocycles. The molecule has 4 nitrogen and oxygen atoms in total. The highest BCUT2D eigenvalue weighted by Crippen LogP contribution is 2.07. The van der Waals surface area contributed by atoms with Crippen LogP contribution in [0.4, 0.5) is 9.18 Å². The van der Waals surface area contributed by atoms with E-state index in [1.807, 2.05) is 0 Å². The number of primary amides is 1. The Hall–Kier alpha value is -0.840. The molecule has 0 aromatic rings. The van der Waals surface area contributed by atoms with Crippen molar-refractivity contribution in [3.05, 3.63) is 0 Å². The van der Waals surface area contributed by atoms with Crippen LogP contribution < -0.4 is 11.1 Å². The fourth-order valence-electron chi connectivity index (χ4n) is 0.887. The number of carbonyl (C=O) groups is 1. The van der Waals surface area contributed by atoms with E-state index in [0.717, 1.165) is 0 Å². The van der Waals surface area contributed by atoms with Crippen LogP contribution in [0.25, 0.3) is 0 Å². The Morgan fingerprint density at radius 1 is 1.70 bits per heavy atom. The first kappa shape index (κ1) is 7.27. The van der Waals surface area contributed by atoms with E-state index in [-0.39, 0.29) is 6.54 Å². The van der Waals surface area contributed by atoms with Crippen molar-refractivity contribution in [2.24, 2.45) is 5.73 Å². The van der Waals surface area contributed by atoms with Crippen LogP contribution in [0.2, 0.25) is 0 Å². The number of amides is 1. The monoisotopic (exact) mass is 148 g/mol. The Morgan fingerprint density at radius 3 is 2.80 bits per heavy atom. The molecule has 10 heavy (non-hydrogen) atoms. The second-order valence-corrected chi connectivity index (χ2v) is 2.15. The molecule has 0 radical (unpaired) electrons. The predicted molar refractivity (Wildman–Crippen MR) is 32.2 cm³/mol. The number of nitrogens with one attached hydrogen (secondary N) is 1. The summed E-state index contributed by atoms with van der Waals surface area (Å²) in [6.07, 6.45) is -2.73. The molecule has 0 aromatic heterocycles. The molecule has 0 aliphatic carbocycles. The number of hydrogen-bond donors (Lipinski definition) is 2. The van der Waals surface area contributed by atoms with Gasteiger partial charge in [0.15, 0.2) is 6.17 Å². The summed E-state index contributed by atoms with van der Waals surface area (Å²) < 4.78 is 17.0. The van der Waals surface area contributed by atoms with Crippen molar-refractivity contribution < 1.29 is 13.9 Å². The van der Waals surface area contributed by atoms with Crippen molar-refractivity contribution in [3.63, 3.8) is 0 Å². The third-order valence-corrected chi connectivity index (χ3v) is 1.36. The summed E-state index contributed by atoms with van der Waals surface area (Å²) >= 11 is 0. The Bertz CT molecular complexity index is 142. The second kappa shape index (κ2) is 2.83. The molecule has 1 rings (SSSR count). The van der Waals surface area contributed by atoms with Crippen molar-refractivity contribution in [2.75, 3.05) is 13.1 Å². The van der Waals surface area contributed by atoms with E-state index in [0.29, 0.717) is 6.54 Å². The van der Waals surface area contributed by atoms with Crippen LogP contribution in [0.1, 0.15) is 0 Å². The molecule has 0 bridgehead atoms. The minimum Gasteiger partial charge on any atom is -0.442 e. The fourth-order valence-corrected chi connectivity index (χ4v) is 0.887. The van der Waals surface area contributed by atoms with Gasteiger partial charge >= 0.3 is 6.09 Å². The second-order valence-electron chi connectivity index (χ2n) is 2.15. The average molecular weight is 148 g/mol. The third-order valence-electron chi connectivity index (χ3n) is 1.36. The lowest BCUT2D eigenvalue weighted by molar-refractivity contribution is 0.0771. The van der Waals surface area contributed by atoms with E-state index in [1.165, 1.54) is 0 Å². The van der Waals surface area contributed by atoms with E-state index in [1.54, 1.807) is 0 Å². The summed E-state index contributed by atoms with van der Waals surface area (Å²) in [5, 5.41) is 2.72. The van der Waals surface area contributed by atoms with Gasteiger partial charge in [0.05, 0.1) is 0 Å². The van der Waals surface area contributed by atoms with Crippen molar-refractivity contribution >= 4 is 6.09 Å². The highest BCUT2D eigenvalue weighted by Gasteiger charge is 2.29. The summed E-state index contributed by atoms with van der Waals surface area (Å²) in [6, 6.07) is 0. The van der Waals surface area contributed by atoms with E-state index < -0.39 is 18.4 Å². The topological polar surface area (TPSA) is 64.4 Å². The van der Waals surface area contributed by atoms with Gasteiger partial charge in [-0.05, 0) is 0 Å². The van der Waals surface area contributed by atoms with Crippen LogP contribution in [-0.4, -0.2) is 31.5 Å². The zero-order valence-electron chi connectivity index (χ0n) is 5.34. The van der Waals surface area contributed by atoms with Crippen LogP contribution in [0.5, 0.6) is 0 Å². The number of halogens is 1. The van der Waals surface area contributed by atoms with Gasteiger partial charge in [-0.2, -0.15) is 0 Å². The van der Waals surface area contributed by atoms with Crippen LogP contribution in [0.3, 0.4) is 0 Å². The molecule has 1 aliphatic rings. The molecular formula is C5H9FN2O2. The van der Waals surface area contributed by atoms with Crippen LogP contribution >= 0.6 is 0 Å². The average Bonchev–Trinajstić information content (AvgIpc) is 2.15. The standard InChI is InChI=1S/C5H9FN2O2/c6-3-1-8-2-4(3)10-5(7)9/h3-4,8H,1-2H2,(H2,7,9)/t3-,4-/m0/s1.